The zero-order chi connectivity index (χ0) is 21.9. The predicted molar refractivity (Wildman–Crippen MR) is 125 cm³/mol. The first-order valence-electron chi connectivity index (χ1n) is 12.2. The van der Waals surface area contributed by atoms with Gasteiger partial charge in [0.05, 0.1) is 13.0 Å². The third-order valence-electron chi connectivity index (χ3n) is 7.16. The SMILES string of the molecule is Cc1cnc(N2CCC([C@H]3C[C@H]3CCOc3ccc(CC(=O)NC4CC4)cc3)CC2)nc1. The van der Waals surface area contributed by atoms with Crippen LogP contribution in [0.4, 0.5) is 5.95 Å². The number of hydrogen-bond acceptors (Lipinski definition) is 5. The van der Waals surface area contributed by atoms with Gasteiger partial charge in [-0.2, -0.15) is 0 Å². The van der Waals surface area contributed by atoms with Gasteiger partial charge in [-0.15, -0.1) is 0 Å². The van der Waals surface area contributed by atoms with Crippen molar-refractivity contribution in [2.75, 3.05) is 24.6 Å². The Kier molecular flexibility index (Phi) is 6.28. The maximum Gasteiger partial charge on any atom is 0.225 e. The van der Waals surface area contributed by atoms with Crippen LogP contribution >= 0.6 is 0 Å². The van der Waals surface area contributed by atoms with Crippen molar-refractivity contribution in [1.82, 2.24) is 15.3 Å². The number of nitrogens with zero attached hydrogens (tertiary/aromatic N) is 3. The number of hydrogen-bond donors (Lipinski definition) is 1. The Bertz CT molecular complexity index is 902. The molecular weight excluding hydrogens is 400 g/mol. The number of ether oxygens (including phenoxy) is 1. The number of rotatable bonds is 9. The molecule has 0 bridgehead atoms. The van der Waals surface area contributed by atoms with Gasteiger partial charge in [0.1, 0.15) is 5.75 Å². The summed E-state index contributed by atoms with van der Waals surface area (Å²) in [5, 5.41) is 3.04. The second-order valence-corrected chi connectivity index (χ2v) is 9.84. The van der Waals surface area contributed by atoms with Crippen LogP contribution in [-0.2, 0) is 11.2 Å². The lowest BCUT2D eigenvalue weighted by Crippen LogP contribution is -2.35. The number of aromatic nitrogens is 2. The van der Waals surface area contributed by atoms with Crippen molar-refractivity contribution in [2.45, 2.75) is 57.9 Å². The third kappa shape index (κ3) is 5.59. The Balaban J connectivity index is 0.990. The van der Waals surface area contributed by atoms with E-state index in [0.717, 1.165) is 79.5 Å². The lowest BCUT2D eigenvalue weighted by molar-refractivity contribution is -0.120. The number of aryl methyl sites for hydroxylation is 1. The van der Waals surface area contributed by atoms with Gasteiger partial charge in [0, 0.05) is 31.5 Å². The summed E-state index contributed by atoms with van der Waals surface area (Å²) in [5.74, 6) is 4.42. The van der Waals surface area contributed by atoms with Crippen LogP contribution in [0.15, 0.2) is 36.7 Å². The highest BCUT2D eigenvalue weighted by Gasteiger charge is 2.43. The molecule has 1 amide bonds. The van der Waals surface area contributed by atoms with Crippen molar-refractivity contribution in [3.05, 3.63) is 47.8 Å². The van der Waals surface area contributed by atoms with E-state index in [2.05, 4.69) is 20.2 Å². The monoisotopic (exact) mass is 434 g/mol. The van der Waals surface area contributed by atoms with Gasteiger partial charge in [-0.3, -0.25) is 4.79 Å². The summed E-state index contributed by atoms with van der Waals surface area (Å²) in [6, 6.07) is 8.42. The van der Waals surface area contributed by atoms with E-state index >= 15 is 0 Å². The van der Waals surface area contributed by atoms with Crippen LogP contribution in [0.1, 0.15) is 49.7 Å². The fourth-order valence-electron chi connectivity index (χ4n) is 4.98. The number of anilines is 1. The third-order valence-corrected chi connectivity index (χ3v) is 7.16. The van der Waals surface area contributed by atoms with Crippen molar-refractivity contribution in [2.24, 2.45) is 17.8 Å². The van der Waals surface area contributed by atoms with Crippen molar-refractivity contribution in [3.63, 3.8) is 0 Å². The second kappa shape index (κ2) is 9.47. The number of nitrogens with one attached hydrogen (secondary N) is 1. The Labute approximate surface area is 190 Å². The normalized spacial score (nSPS) is 23.1. The molecule has 3 fully saturated rings. The molecule has 6 nitrogen and oxygen atoms in total. The van der Waals surface area contributed by atoms with Crippen LogP contribution in [-0.4, -0.2) is 41.6 Å². The minimum Gasteiger partial charge on any atom is -0.494 e. The van der Waals surface area contributed by atoms with Crippen LogP contribution in [0.3, 0.4) is 0 Å². The molecule has 170 valence electrons. The average molecular weight is 435 g/mol. The van der Waals surface area contributed by atoms with Crippen LogP contribution in [0, 0.1) is 24.7 Å². The molecule has 1 aliphatic heterocycles. The highest BCUT2D eigenvalue weighted by molar-refractivity contribution is 5.79. The van der Waals surface area contributed by atoms with Crippen LogP contribution in [0.2, 0.25) is 0 Å². The molecule has 5 rings (SSSR count). The molecule has 32 heavy (non-hydrogen) atoms. The summed E-state index contributed by atoms with van der Waals surface area (Å²) in [6.45, 7) is 4.94. The first kappa shape index (κ1) is 21.2. The molecule has 1 aromatic heterocycles. The smallest absolute Gasteiger partial charge is 0.225 e. The first-order chi connectivity index (χ1) is 15.6. The van der Waals surface area contributed by atoms with Crippen molar-refractivity contribution < 1.29 is 9.53 Å². The molecule has 2 saturated carbocycles. The largest absolute Gasteiger partial charge is 0.494 e. The van der Waals surface area contributed by atoms with E-state index < -0.39 is 0 Å². The van der Waals surface area contributed by atoms with Gasteiger partial charge in [0.25, 0.3) is 0 Å². The Morgan fingerprint density at radius 1 is 1.09 bits per heavy atom. The minimum absolute atomic E-state index is 0.123. The molecule has 1 aromatic carbocycles. The lowest BCUT2D eigenvalue weighted by atomic mass is 9.90. The van der Waals surface area contributed by atoms with Crippen molar-refractivity contribution in [3.8, 4) is 5.75 Å². The summed E-state index contributed by atoms with van der Waals surface area (Å²) < 4.78 is 5.99. The van der Waals surface area contributed by atoms with Gasteiger partial charge >= 0.3 is 0 Å². The molecule has 2 aromatic rings. The maximum absolute atomic E-state index is 11.9. The van der Waals surface area contributed by atoms with E-state index in [1.54, 1.807) is 0 Å². The lowest BCUT2D eigenvalue weighted by Gasteiger charge is -2.32. The van der Waals surface area contributed by atoms with Crippen LogP contribution < -0.4 is 15.0 Å². The van der Waals surface area contributed by atoms with E-state index in [1.807, 2.05) is 43.6 Å². The zero-order valence-corrected chi connectivity index (χ0v) is 19.0. The van der Waals surface area contributed by atoms with E-state index in [9.17, 15) is 4.79 Å². The molecule has 1 N–H and O–H groups in total. The summed E-state index contributed by atoms with van der Waals surface area (Å²) in [5.41, 5.74) is 2.15. The topological polar surface area (TPSA) is 67.4 Å². The molecule has 2 aliphatic carbocycles. The van der Waals surface area contributed by atoms with E-state index in [1.165, 1.54) is 19.3 Å². The maximum atomic E-state index is 11.9. The molecule has 6 heteroatoms. The van der Waals surface area contributed by atoms with Crippen molar-refractivity contribution >= 4 is 11.9 Å². The molecular formula is C26H34N4O2. The number of carbonyl (C=O) groups excluding carboxylic acids is 1. The fourth-order valence-corrected chi connectivity index (χ4v) is 4.98. The second-order valence-electron chi connectivity index (χ2n) is 9.84. The van der Waals surface area contributed by atoms with Crippen LogP contribution in [0.5, 0.6) is 5.75 Å². The van der Waals surface area contributed by atoms with Gasteiger partial charge in [-0.1, -0.05) is 12.1 Å². The van der Waals surface area contributed by atoms with E-state index in [-0.39, 0.29) is 5.91 Å². The van der Waals surface area contributed by atoms with Gasteiger partial charge in [0.2, 0.25) is 11.9 Å². The molecule has 2 atom stereocenters. The Morgan fingerprint density at radius 3 is 2.50 bits per heavy atom. The summed E-state index contributed by atoms with van der Waals surface area (Å²) in [6.07, 6.45) is 11.5. The summed E-state index contributed by atoms with van der Waals surface area (Å²) in [4.78, 5) is 23.2. The number of carbonyl (C=O) groups is 1. The quantitative estimate of drug-likeness (QED) is 0.648. The van der Waals surface area contributed by atoms with Gasteiger partial charge in [0.15, 0.2) is 0 Å². The van der Waals surface area contributed by atoms with Crippen molar-refractivity contribution in [1.29, 1.82) is 0 Å². The number of amides is 1. The van der Waals surface area contributed by atoms with Gasteiger partial charge in [-0.25, -0.2) is 9.97 Å². The number of benzene rings is 1. The Morgan fingerprint density at radius 2 is 1.81 bits per heavy atom. The summed E-state index contributed by atoms with van der Waals surface area (Å²) >= 11 is 0. The molecule has 2 heterocycles. The molecule has 0 radical (unpaired) electrons. The van der Waals surface area contributed by atoms with Crippen LogP contribution in [0.25, 0.3) is 0 Å². The van der Waals surface area contributed by atoms with Gasteiger partial charge in [-0.05, 0) is 86.5 Å². The zero-order valence-electron chi connectivity index (χ0n) is 19.0. The minimum atomic E-state index is 0.123. The fraction of sp³-hybridized carbons (Fsp3) is 0.577. The highest BCUT2D eigenvalue weighted by Crippen LogP contribution is 2.49. The molecule has 0 unspecified atom stereocenters. The van der Waals surface area contributed by atoms with Gasteiger partial charge < -0.3 is 15.0 Å². The molecule has 0 spiro atoms. The predicted octanol–water partition coefficient (Wildman–Crippen LogP) is 3.93. The summed E-state index contributed by atoms with van der Waals surface area (Å²) in [7, 11) is 0. The number of piperidine rings is 1. The highest BCUT2D eigenvalue weighted by atomic mass is 16.5. The first-order valence-corrected chi connectivity index (χ1v) is 12.2. The average Bonchev–Trinajstić information content (AvgIpc) is 3.73. The Hall–Kier alpha value is -2.63. The molecule has 1 saturated heterocycles. The van der Waals surface area contributed by atoms with E-state index in [0.29, 0.717) is 12.5 Å². The standard InChI is InChI=1S/C26H34N4O2/c1-18-16-27-26(28-17-18)30-11-8-20(9-12-30)24-15-21(24)10-13-32-23-6-2-19(3-7-23)14-25(31)29-22-4-5-22/h2-3,6-7,16-17,20-22,24H,4-5,8-15H2,1H3,(H,29,31)/t21-,24-/m1/s1. The van der Waals surface area contributed by atoms with E-state index in [4.69, 9.17) is 4.74 Å². The molecule has 3 aliphatic rings.